The second-order valence-corrected chi connectivity index (χ2v) is 8.27. The minimum Gasteiger partial charge on any atom is -0.477 e. The Morgan fingerprint density at radius 1 is 1.04 bits per heavy atom. The van der Waals surface area contributed by atoms with E-state index in [1.807, 2.05) is 4.68 Å². The van der Waals surface area contributed by atoms with E-state index in [0.29, 0.717) is 18.2 Å². The summed E-state index contributed by atoms with van der Waals surface area (Å²) in [6, 6.07) is 12.8. The molecule has 0 saturated carbocycles. The molecule has 134 valence electrons. The zero-order chi connectivity index (χ0) is 18.3. The lowest BCUT2D eigenvalue weighted by molar-refractivity contribution is 0.231. The van der Waals surface area contributed by atoms with Crippen molar-refractivity contribution in [3.8, 4) is 28.3 Å². The summed E-state index contributed by atoms with van der Waals surface area (Å²) in [5, 5.41) is 4.66. The van der Waals surface area contributed by atoms with Crippen LogP contribution in [0.15, 0.2) is 53.4 Å². The molecule has 0 saturated heterocycles. The van der Waals surface area contributed by atoms with Crippen LogP contribution in [0.1, 0.15) is 6.42 Å². The summed E-state index contributed by atoms with van der Waals surface area (Å²) in [4.78, 5) is 0.254. The summed E-state index contributed by atoms with van der Waals surface area (Å²) >= 11 is 0. The predicted octanol–water partition coefficient (Wildman–Crippen LogP) is 3.54. The summed E-state index contributed by atoms with van der Waals surface area (Å²) < 4.78 is 44.3. The molecule has 0 bridgehead atoms. The van der Waals surface area contributed by atoms with Gasteiger partial charge in [0.2, 0.25) is 5.88 Å². The summed E-state index contributed by atoms with van der Waals surface area (Å²) in [6.45, 7) is 1.34. The molecule has 0 spiro atoms. The van der Waals surface area contributed by atoms with Crippen LogP contribution in [-0.2, 0) is 16.4 Å². The molecule has 7 heteroatoms. The van der Waals surface area contributed by atoms with E-state index in [0.717, 1.165) is 29.7 Å². The molecule has 1 aliphatic rings. The Bertz CT molecular complexity index is 1060. The van der Waals surface area contributed by atoms with Gasteiger partial charge in [-0.25, -0.2) is 17.5 Å². The van der Waals surface area contributed by atoms with Crippen LogP contribution in [0.25, 0.3) is 22.4 Å². The van der Waals surface area contributed by atoms with Gasteiger partial charge < -0.3 is 4.74 Å². The quantitative estimate of drug-likeness (QED) is 0.706. The maximum absolute atomic E-state index is 13.3. The lowest BCUT2D eigenvalue weighted by atomic mass is 10.0. The van der Waals surface area contributed by atoms with Crippen molar-refractivity contribution in [2.24, 2.45) is 0 Å². The Labute approximate surface area is 151 Å². The first-order valence-corrected chi connectivity index (χ1v) is 10.1. The van der Waals surface area contributed by atoms with Crippen LogP contribution < -0.4 is 4.74 Å². The molecule has 0 fully saturated rings. The number of hydrogen-bond acceptors (Lipinski definition) is 4. The highest BCUT2D eigenvalue weighted by atomic mass is 32.2. The molecule has 26 heavy (non-hydrogen) atoms. The molecule has 1 aromatic heterocycles. The van der Waals surface area contributed by atoms with Crippen molar-refractivity contribution in [3.05, 3.63) is 54.3 Å². The number of hydrogen-bond donors (Lipinski definition) is 0. The summed E-state index contributed by atoms with van der Waals surface area (Å²) in [7, 11) is -3.26. The Balaban J connectivity index is 1.88. The average Bonchev–Trinajstić information content (AvgIpc) is 3.01. The number of sulfone groups is 1. The molecule has 5 nitrogen and oxygen atoms in total. The molecule has 0 radical (unpaired) electrons. The molecule has 0 N–H and O–H groups in total. The number of halogens is 1. The van der Waals surface area contributed by atoms with Crippen molar-refractivity contribution < 1.29 is 17.5 Å². The fourth-order valence-corrected chi connectivity index (χ4v) is 3.70. The molecule has 3 aromatic rings. The van der Waals surface area contributed by atoms with E-state index in [1.54, 1.807) is 36.4 Å². The Kier molecular flexibility index (Phi) is 4.03. The topological polar surface area (TPSA) is 61.2 Å². The summed E-state index contributed by atoms with van der Waals surface area (Å²) in [5.41, 5.74) is 3.06. The second kappa shape index (κ2) is 6.25. The van der Waals surface area contributed by atoms with Gasteiger partial charge in [0.25, 0.3) is 0 Å². The molecule has 0 unspecified atom stereocenters. The van der Waals surface area contributed by atoms with E-state index < -0.39 is 9.84 Å². The van der Waals surface area contributed by atoms with Crippen LogP contribution in [0.4, 0.5) is 4.39 Å². The number of benzene rings is 2. The minimum atomic E-state index is -3.26. The number of aryl methyl sites for hydroxylation is 1. The SMILES string of the molecule is CS(=O)(=O)c1ccc(-c2nn3c(c2-c2ccc(F)cc2)OCCC3)cc1. The molecular formula is C19H17FN2O3S. The standard InChI is InChI=1S/C19H17FN2O3S/c1-26(23,24)16-9-5-14(6-10-16)18-17(13-3-7-15(20)8-4-13)19-22(21-18)11-2-12-25-19/h3-10H,2,11-12H2,1H3. The third kappa shape index (κ3) is 2.99. The van der Waals surface area contributed by atoms with E-state index in [-0.39, 0.29) is 10.7 Å². The fourth-order valence-electron chi connectivity index (χ4n) is 3.07. The van der Waals surface area contributed by atoms with Crippen molar-refractivity contribution in [2.45, 2.75) is 17.9 Å². The molecule has 2 heterocycles. The van der Waals surface area contributed by atoms with Crippen LogP contribution in [0, 0.1) is 5.82 Å². The number of aromatic nitrogens is 2. The molecule has 0 amide bonds. The molecule has 0 aliphatic carbocycles. The van der Waals surface area contributed by atoms with Crippen LogP contribution in [0.3, 0.4) is 0 Å². The Morgan fingerprint density at radius 3 is 2.35 bits per heavy atom. The average molecular weight is 372 g/mol. The van der Waals surface area contributed by atoms with Gasteiger partial charge in [-0.2, -0.15) is 5.10 Å². The monoisotopic (exact) mass is 372 g/mol. The molecular weight excluding hydrogens is 355 g/mol. The predicted molar refractivity (Wildman–Crippen MR) is 96.3 cm³/mol. The first-order chi connectivity index (χ1) is 12.4. The van der Waals surface area contributed by atoms with Gasteiger partial charge in [0.05, 0.1) is 17.1 Å². The third-order valence-electron chi connectivity index (χ3n) is 4.35. The van der Waals surface area contributed by atoms with Gasteiger partial charge in [-0.1, -0.05) is 24.3 Å². The number of ether oxygens (including phenoxy) is 1. The number of nitrogens with zero attached hydrogens (tertiary/aromatic N) is 2. The minimum absolute atomic E-state index is 0.254. The highest BCUT2D eigenvalue weighted by molar-refractivity contribution is 7.90. The first-order valence-electron chi connectivity index (χ1n) is 8.23. The maximum atomic E-state index is 13.3. The summed E-state index contributed by atoms with van der Waals surface area (Å²) in [6.07, 6.45) is 2.04. The Morgan fingerprint density at radius 2 is 1.69 bits per heavy atom. The number of fused-ring (bicyclic) bond motifs is 1. The molecule has 1 aliphatic heterocycles. The highest BCUT2D eigenvalue weighted by Crippen LogP contribution is 2.40. The zero-order valence-electron chi connectivity index (χ0n) is 14.1. The van der Waals surface area contributed by atoms with E-state index in [1.165, 1.54) is 18.4 Å². The van der Waals surface area contributed by atoms with E-state index in [9.17, 15) is 12.8 Å². The van der Waals surface area contributed by atoms with Gasteiger partial charge >= 0.3 is 0 Å². The van der Waals surface area contributed by atoms with Gasteiger partial charge in [0.15, 0.2) is 9.84 Å². The van der Waals surface area contributed by atoms with Crippen molar-refractivity contribution in [1.29, 1.82) is 0 Å². The van der Waals surface area contributed by atoms with Crippen LogP contribution in [0.2, 0.25) is 0 Å². The Hall–Kier alpha value is -2.67. The van der Waals surface area contributed by atoms with Gasteiger partial charge in [0, 0.05) is 24.8 Å². The first kappa shape index (κ1) is 16.8. The smallest absolute Gasteiger partial charge is 0.220 e. The highest BCUT2D eigenvalue weighted by Gasteiger charge is 2.24. The van der Waals surface area contributed by atoms with E-state index in [2.05, 4.69) is 5.10 Å². The van der Waals surface area contributed by atoms with Gasteiger partial charge in [0.1, 0.15) is 11.5 Å². The zero-order valence-corrected chi connectivity index (χ0v) is 15.0. The van der Waals surface area contributed by atoms with Crippen LogP contribution in [-0.4, -0.2) is 31.1 Å². The normalized spacial score (nSPS) is 13.9. The van der Waals surface area contributed by atoms with Gasteiger partial charge in [-0.15, -0.1) is 0 Å². The van der Waals surface area contributed by atoms with Crippen molar-refractivity contribution in [3.63, 3.8) is 0 Å². The van der Waals surface area contributed by atoms with Crippen molar-refractivity contribution >= 4 is 9.84 Å². The van der Waals surface area contributed by atoms with Crippen molar-refractivity contribution in [1.82, 2.24) is 9.78 Å². The van der Waals surface area contributed by atoms with E-state index >= 15 is 0 Å². The second-order valence-electron chi connectivity index (χ2n) is 6.26. The third-order valence-corrected chi connectivity index (χ3v) is 5.48. The van der Waals surface area contributed by atoms with Gasteiger partial charge in [-0.05, 0) is 29.8 Å². The van der Waals surface area contributed by atoms with E-state index in [4.69, 9.17) is 4.74 Å². The van der Waals surface area contributed by atoms with Gasteiger partial charge in [-0.3, -0.25) is 0 Å². The molecule has 2 aromatic carbocycles. The lowest BCUT2D eigenvalue weighted by Crippen LogP contribution is -2.14. The molecule has 4 rings (SSSR count). The largest absolute Gasteiger partial charge is 0.477 e. The van der Waals surface area contributed by atoms with Crippen LogP contribution in [0.5, 0.6) is 5.88 Å². The molecule has 0 atom stereocenters. The summed E-state index contributed by atoms with van der Waals surface area (Å²) in [5.74, 6) is 0.347. The fraction of sp³-hybridized carbons (Fsp3) is 0.211. The number of rotatable bonds is 3. The van der Waals surface area contributed by atoms with Crippen molar-refractivity contribution in [2.75, 3.05) is 12.9 Å². The maximum Gasteiger partial charge on any atom is 0.220 e. The van der Waals surface area contributed by atoms with Crippen LogP contribution >= 0.6 is 0 Å². The lowest BCUT2D eigenvalue weighted by Gasteiger charge is -2.16.